The topological polar surface area (TPSA) is 58.6 Å². The van der Waals surface area contributed by atoms with Crippen LogP contribution in [0.25, 0.3) is 0 Å². The van der Waals surface area contributed by atoms with Crippen molar-refractivity contribution in [3.8, 4) is 0 Å². The lowest BCUT2D eigenvalue weighted by atomic mass is 10.1. The van der Waals surface area contributed by atoms with Crippen molar-refractivity contribution in [1.29, 1.82) is 0 Å². The van der Waals surface area contributed by atoms with Crippen LogP contribution in [-0.2, 0) is 9.53 Å². The molecule has 0 heterocycles. The van der Waals surface area contributed by atoms with Crippen LogP contribution in [0, 0.1) is 0 Å². The van der Waals surface area contributed by atoms with E-state index < -0.39 is 0 Å². The van der Waals surface area contributed by atoms with Crippen molar-refractivity contribution in [2.45, 2.75) is 58.3 Å². The first-order valence-electron chi connectivity index (χ1n) is 7.28. The van der Waals surface area contributed by atoms with Crippen LogP contribution in [0.1, 0.15) is 58.3 Å². The summed E-state index contributed by atoms with van der Waals surface area (Å²) in [5, 5.41) is 11.5. The summed E-state index contributed by atoms with van der Waals surface area (Å²) in [4.78, 5) is 11.3. The van der Waals surface area contributed by atoms with Crippen LogP contribution in [0.2, 0.25) is 0 Å². The Labute approximate surface area is 111 Å². The highest BCUT2D eigenvalue weighted by molar-refractivity contribution is 5.69. The predicted octanol–water partition coefficient (Wildman–Crippen LogP) is 2.25. The minimum Gasteiger partial charge on any atom is -0.464 e. The zero-order valence-corrected chi connectivity index (χ0v) is 11.7. The Hall–Kier alpha value is -0.610. The highest BCUT2D eigenvalue weighted by atomic mass is 16.5. The minimum absolute atomic E-state index is 0.102. The van der Waals surface area contributed by atoms with Gasteiger partial charge in [0.15, 0.2) is 0 Å². The van der Waals surface area contributed by atoms with Gasteiger partial charge in [-0.3, -0.25) is 4.79 Å². The molecule has 0 atom stereocenters. The Morgan fingerprint density at radius 3 is 2.39 bits per heavy atom. The summed E-state index contributed by atoms with van der Waals surface area (Å²) in [7, 11) is 0. The lowest BCUT2D eigenvalue weighted by molar-refractivity contribution is -0.143. The number of nitrogens with one attached hydrogen (secondary N) is 1. The van der Waals surface area contributed by atoms with E-state index in [1.807, 2.05) is 0 Å². The van der Waals surface area contributed by atoms with Crippen LogP contribution in [0.15, 0.2) is 0 Å². The summed E-state index contributed by atoms with van der Waals surface area (Å²) in [6, 6.07) is 0. The predicted molar refractivity (Wildman–Crippen MR) is 73.5 cm³/mol. The number of rotatable bonds is 13. The summed E-state index contributed by atoms with van der Waals surface area (Å²) in [6.07, 6.45) is 9.03. The molecule has 0 radical (unpaired) electrons. The first-order chi connectivity index (χ1) is 8.81. The zero-order chi connectivity index (χ0) is 13.5. The number of esters is 1. The van der Waals surface area contributed by atoms with Crippen molar-refractivity contribution in [3.63, 3.8) is 0 Å². The summed E-state index contributed by atoms with van der Waals surface area (Å²) >= 11 is 0. The van der Waals surface area contributed by atoms with Crippen LogP contribution in [0.3, 0.4) is 0 Å². The maximum absolute atomic E-state index is 11.3. The Kier molecular flexibility index (Phi) is 14.0. The third-order valence-corrected chi connectivity index (χ3v) is 2.81. The molecule has 2 N–H and O–H groups in total. The molecule has 0 aliphatic carbocycles. The van der Waals surface area contributed by atoms with Gasteiger partial charge in [-0.25, -0.2) is 0 Å². The third-order valence-electron chi connectivity index (χ3n) is 2.81. The van der Waals surface area contributed by atoms with Crippen molar-refractivity contribution in [1.82, 2.24) is 5.32 Å². The number of hydrogen-bond acceptors (Lipinski definition) is 4. The smallest absolute Gasteiger partial charge is 0.305 e. The average Bonchev–Trinajstić information content (AvgIpc) is 2.37. The summed E-state index contributed by atoms with van der Waals surface area (Å²) in [6.45, 7) is 3.89. The fourth-order valence-electron chi connectivity index (χ4n) is 1.74. The molecule has 0 saturated heterocycles. The minimum atomic E-state index is -0.102. The molecule has 108 valence electrons. The van der Waals surface area contributed by atoms with Crippen LogP contribution < -0.4 is 5.32 Å². The van der Waals surface area contributed by atoms with E-state index in [0.717, 1.165) is 12.8 Å². The van der Waals surface area contributed by atoms with Crippen LogP contribution in [0.4, 0.5) is 0 Å². The molecule has 0 aromatic carbocycles. The quantitative estimate of drug-likeness (QED) is 0.393. The lowest BCUT2D eigenvalue weighted by Crippen LogP contribution is -2.24. The number of unbranched alkanes of at least 4 members (excludes halogenated alkanes) is 6. The molecular formula is C14H29NO3. The number of aliphatic hydroxyl groups excluding tert-OH is 1. The van der Waals surface area contributed by atoms with Crippen molar-refractivity contribution in [2.75, 3.05) is 26.3 Å². The number of ether oxygens (including phenoxy) is 1. The normalized spacial score (nSPS) is 10.6. The largest absolute Gasteiger partial charge is 0.464 e. The fraction of sp³-hybridized carbons (Fsp3) is 0.929. The number of carbonyl (C=O) groups excluding carboxylic acids is 1. The van der Waals surface area contributed by atoms with E-state index in [4.69, 9.17) is 9.84 Å². The van der Waals surface area contributed by atoms with Gasteiger partial charge in [0.1, 0.15) is 6.61 Å². The van der Waals surface area contributed by atoms with Crippen LogP contribution in [-0.4, -0.2) is 37.4 Å². The van der Waals surface area contributed by atoms with E-state index >= 15 is 0 Å². The molecule has 0 aliphatic heterocycles. The van der Waals surface area contributed by atoms with Gasteiger partial charge in [0, 0.05) is 19.5 Å². The van der Waals surface area contributed by atoms with Gasteiger partial charge in [-0.2, -0.15) is 0 Å². The number of hydrogen-bond donors (Lipinski definition) is 2. The molecule has 0 aromatic heterocycles. The van der Waals surface area contributed by atoms with Crippen LogP contribution in [0.5, 0.6) is 0 Å². The molecular weight excluding hydrogens is 230 g/mol. The Balaban J connectivity index is 3.12. The molecule has 0 spiro atoms. The third kappa shape index (κ3) is 13.5. The van der Waals surface area contributed by atoms with Crippen molar-refractivity contribution >= 4 is 5.97 Å². The Morgan fingerprint density at radius 2 is 1.72 bits per heavy atom. The summed E-state index contributed by atoms with van der Waals surface area (Å²) < 4.78 is 5.05. The molecule has 0 unspecified atom stereocenters. The van der Waals surface area contributed by atoms with E-state index in [1.165, 1.54) is 32.1 Å². The van der Waals surface area contributed by atoms with Gasteiger partial charge >= 0.3 is 5.97 Å². The maximum atomic E-state index is 11.3. The van der Waals surface area contributed by atoms with E-state index in [0.29, 0.717) is 26.1 Å². The standard InChI is InChI=1S/C14H29NO3/c1-2-3-4-5-6-7-8-9-14(17)18-13-11-15-10-12-16/h15-16H,2-13H2,1H3. The van der Waals surface area contributed by atoms with Gasteiger partial charge in [0.25, 0.3) is 0 Å². The first kappa shape index (κ1) is 17.4. The first-order valence-corrected chi connectivity index (χ1v) is 7.28. The lowest BCUT2D eigenvalue weighted by Gasteiger charge is -2.05. The molecule has 4 nitrogen and oxygen atoms in total. The molecule has 0 fully saturated rings. The van der Waals surface area contributed by atoms with Crippen molar-refractivity contribution in [2.24, 2.45) is 0 Å². The summed E-state index contributed by atoms with van der Waals surface area (Å²) in [5.41, 5.74) is 0. The SMILES string of the molecule is CCCCCCCCCC(=O)OCCNCCO. The van der Waals surface area contributed by atoms with E-state index in [9.17, 15) is 4.79 Å². The maximum Gasteiger partial charge on any atom is 0.305 e. The van der Waals surface area contributed by atoms with Crippen molar-refractivity contribution in [3.05, 3.63) is 0 Å². The van der Waals surface area contributed by atoms with Gasteiger partial charge in [-0.05, 0) is 6.42 Å². The molecule has 0 aromatic rings. The van der Waals surface area contributed by atoms with E-state index in [1.54, 1.807) is 0 Å². The van der Waals surface area contributed by atoms with Gasteiger partial charge in [-0.15, -0.1) is 0 Å². The Bertz CT molecular complexity index is 186. The average molecular weight is 259 g/mol. The highest BCUT2D eigenvalue weighted by Crippen LogP contribution is 2.08. The second-order valence-electron chi connectivity index (χ2n) is 4.57. The second kappa shape index (κ2) is 14.5. The molecule has 0 saturated carbocycles. The molecule has 0 aliphatic rings. The zero-order valence-electron chi connectivity index (χ0n) is 11.7. The van der Waals surface area contributed by atoms with Gasteiger partial charge < -0.3 is 15.2 Å². The van der Waals surface area contributed by atoms with Gasteiger partial charge in [0.05, 0.1) is 6.61 Å². The number of aliphatic hydroxyl groups is 1. The molecule has 4 heteroatoms. The summed E-state index contributed by atoms with van der Waals surface area (Å²) in [5.74, 6) is -0.102. The molecule has 0 rings (SSSR count). The fourth-order valence-corrected chi connectivity index (χ4v) is 1.74. The Morgan fingerprint density at radius 1 is 1.06 bits per heavy atom. The highest BCUT2D eigenvalue weighted by Gasteiger charge is 2.01. The number of carbonyl (C=O) groups is 1. The molecule has 0 bridgehead atoms. The van der Waals surface area contributed by atoms with Crippen LogP contribution >= 0.6 is 0 Å². The van der Waals surface area contributed by atoms with Gasteiger partial charge in [0.2, 0.25) is 0 Å². The van der Waals surface area contributed by atoms with Gasteiger partial charge in [-0.1, -0.05) is 45.4 Å². The molecule has 0 amide bonds. The molecule has 18 heavy (non-hydrogen) atoms. The second-order valence-corrected chi connectivity index (χ2v) is 4.57. The van der Waals surface area contributed by atoms with E-state index in [2.05, 4.69) is 12.2 Å². The van der Waals surface area contributed by atoms with Crippen molar-refractivity contribution < 1.29 is 14.6 Å². The monoisotopic (exact) mass is 259 g/mol. The van der Waals surface area contributed by atoms with E-state index in [-0.39, 0.29) is 12.6 Å².